The van der Waals surface area contributed by atoms with Gasteiger partial charge in [0.15, 0.2) is 0 Å². The number of likely N-dealkylation sites (N-methyl/N-ethyl adjacent to an activating group) is 1. The van der Waals surface area contributed by atoms with Gasteiger partial charge < -0.3 is 30.1 Å². The summed E-state index contributed by atoms with van der Waals surface area (Å²) in [4.78, 5) is 50.2. The maximum atomic E-state index is 13.8. The van der Waals surface area contributed by atoms with Crippen LogP contribution in [-0.2, 0) is 6.54 Å². The van der Waals surface area contributed by atoms with Crippen molar-refractivity contribution >= 4 is 17.7 Å². The number of carbonyl (C=O) groups excluding carboxylic acids is 1. The highest BCUT2D eigenvalue weighted by Crippen LogP contribution is 2.34. The number of nitrogens with zero attached hydrogens (tertiary/aromatic N) is 4. The first-order valence-electron chi connectivity index (χ1n) is 17.4. The Balaban J connectivity index is 1.60. The smallest absolute Gasteiger partial charge is 0.407 e. The van der Waals surface area contributed by atoms with Gasteiger partial charge in [0.2, 0.25) is 0 Å². The number of anilines is 1. The van der Waals surface area contributed by atoms with Crippen molar-refractivity contribution in [1.29, 1.82) is 0 Å². The normalized spacial score (nSPS) is 18.9. The number of amides is 2. The predicted molar refractivity (Wildman–Crippen MR) is 193 cm³/mol. The lowest BCUT2D eigenvalue weighted by atomic mass is 9.87. The molecule has 1 aliphatic heterocycles. The van der Waals surface area contributed by atoms with Gasteiger partial charge in [-0.2, -0.15) is 0 Å². The number of carbonyl (C=O) groups is 2. The van der Waals surface area contributed by atoms with Crippen LogP contribution in [-0.4, -0.2) is 102 Å². The number of hydrogen-bond acceptors (Lipinski definition) is 6. The summed E-state index contributed by atoms with van der Waals surface area (Å²) in [5, 5.41) is 13.0. The molecule has 0 radical (unpaired) electrons. The third kappa shape index (κ3) is 9.64. The Kier molecular flexibility index (Phi) is 12.4. The van der Waals surface area contributed by atoms with E-state index >= 15 is 0 Å². The minimum absolute atomic E-state index is 0.000672. The molecule has 2 aromatic rings. The van der Waals surface area contributed by atoms with E-state index in [9.17, 15) is 19.5 Å². The molecule has 0 atom stereocenters. The topological polar surface area (TPSA) is 112 Å². The van der Waals surface area contributed by atoms with E-state index < -0.39 is 6.09 Å². The molecule has 1 aliphatic carbocycles. The predicted octanol–water partition coefficient (Wildman–Crippen LogP) is 4.99. The second-order valence-electron chi connectivity index (χ2n) is 14.9. The maximum absolute atomic E-state index is 13.8. The number of aromatic amines is 1. The quantitative estimate of drug-likeness (QED) is 0.325. The van der Waals surface area contributed by atoms with Crippen LogP contribution in [0.3, 0.4) is 0 Å². The first-order valence-corrected chi connectivity index (χ1v) is 17.4. The van der Waals surface area contributed by atoms with E-state index in [0.717, 1.165) is 86.5 Å². The molecule has 48 heavy (non-hydrogen) atoms. The van der Waals surface area contributed by atoms with Gasteiger partial charge in [0.1, 0.15) is 0 Å². The maximum Gasteiger partial charge on any atom is 0.407 e. The van der Waals surface area contributed by atoms with Crippen LogP contribution in [0.4, 0.5) is 10.5 Å². The van der Waals surface area contributed by atoms with Gasteiger partial charge in [-0.3, -0.25) is 14.5 Å². The van der Waals surface area contributed by atoms with Crippen LogP contribution < -0.4 is 15.8 Å². The van der Waals surface area contributed by atoms with Gasteiger partial charge in [-0.1, -0.05) is 32.6 Å². The van der Waals surface area contributed by atoms with Gasteiger partial charge >= 0.3 is 6.09 Å². The monoisotopic (exact) mass is 660 g/mol. The summed E-state index contributed by atoms with van der Waals surface area (Å²) in [5.41, 5.74) is 5.05. The number of rotatable bonds is 9. The van der Waals surface area contributed by atoms with Crippen molar-refractivity contribution in [3.05, 3.63) is 62.1 Å². The molecule has 4 rings (SSSR count). The van der Waals surface area contributed by atoms with Crippen molar-refractivity contribution in [2.24, 2.45) is 5.41 Å². The molecule has 0 bridgehead atoms. The standard InChI is InChI=1S/C38H56N6O4/c1-9-43(30-12-14-31(15-13-30)44(37(47)48)25-38(5,6)7)34-23-29(11-10-16-42-19-17-41(8)18-20-42)22-32(28(34)4)35(45)39-24-33-26(2)21-27(3)40-36(33)46/h21-23,30-31H,9,12-20,24-25H2,1-8H3,(H,39,45)(H,40,46)(H,47,48)/t30-,31-. The van der Waals surface area contributed by atoms with Crippen LogP contribution in [0.2, 0.25) is 0 Å². The number of pyridine rings is 1. The molecule has 10 heteroatoms. The lowest BCUT2D eigenvalue weighted by Gasteiger charge is -2.42. The van der Waals surface area contributed by atoms with Crippen LogP contribution in [0.25, 0.3) is 0 Å². The molecule has 2 fully saturated rings. The Hall–Kier alpha value is -3.81. The molecule has 1 aromatic heterocycles. The molecule has 3 N–H and O–H groups in total. The zero-order valence-electron chi connectivity index (χ0n) is 30.3. The van der Waals surface area contributed by atoms with Crippen LogP contribution in [0, 0.1) is 38.0 Å². The summed E-state index contributed by atoms with van der Waals surface area (Å²) in [5.74, 6) is 6.48. The molecule has 1 saturated carbocycles. The number of hydrogen-bond donors (Lipinski definition) is 3. The number of aryl methyl sites for hydroxylation is 2. The van der Waals surface area contributed by atoms with E-state index in [-0.39, 0.29) is 35.5 Å². The fourth-order valence-electron chi connectivity index (χ4n) is 7.10. The lowest BCUT2D eigenvalue weighted by Crippen LogP contribution is -2.48. The Bertz CT molecular complexity index is 1570. The third-order valence-electron chi connectivity index (χ3n) is 9.76. The zero-order valence-corrected chi connectivity index (χ0v) is 30.3. The van der Waals surface area contributed by atoms with E-state index in [0.29, 0.717) is 24.2 Å². The molecule has 1 saturated heterocycles. The summed E-state index contributed by atoms with van der Waals surface area (Å²) >= 11 is 0. The number of nitrogens with one attached hydrogen (secondary N) is 2. The summed E-state index contributed by atoms with van der Waals surface area (Å²) in [6.07, 6.45) is 2.47. The minimum atomic E-state index is -0.849. The highest BCUT2D eigenvalue weighted by atomic mass is 16.4. The molecule has 2 aliphatic rings. The fraction of sp³-hybridized carbons (Fsp3) is 0.605. The van der Waals surface area contributed by atoms with Crippen LogP contribution in [0.15, 0.2) is 23.0 Å². The molecule has 262 valence electrons. The average Bonchev–Trinajstić information content (AvgIpc) is 3.01. The largest absolute Gasteiger partial charge is 0.465 e. The van der Waals surface area contributed by atoms with Crippen molar-refractivity contribution in [3.63, 3.8) is 0 Å². The molecule has 2 heterocycles. The van der Waals surface area contributed by atoms with Gasteiger partial charge in [-0.15, -0.1) is 0 Å². The van der Waals surface area contributed by atoms with Crippen molar-refractivity contribution in [2.45, 2.75) is 92.8 Å². The van der Waals surface area contributed by atoms with Crippen LogP contribution in [0.1, 0.15) is 91.7 Å². The van der Waals surface area contributed by atoms with Crippen molar-refractivity contribution < 1.29 is 14.7 Å². The SMILES string of the molecule is CCN(c1cc(C#CCN2CCN(C)CC2)cc(C(=O)NCc2c(C)cc(C)[nH]c2=O)c1C)[C@H]1CC[C@H](N(CC(C)(C)C)C(=O)O)CC1. The number of aromatic nitrogens is 1. The molecule has 2 amide bonds. The summed E-state index contributed by atoms with van der Waals surface area (Å²) in [6, 6.07) is 6.11. The Morgan fingerprint density at radius 2 is 1.67 bits per heavy atom. The number of H-pyrrole nitrogens is 1. The van der Waals surface area contributed by atoms with Gasteiger partial charge in [0, 0.05) is 86.0 Å². The summed E-state index contributed by atoms with van der Waals surface area (Å²) < 4.78 is 0. The van der Waals surface area contributed by atoms with E-state index in [1.54, 1.807) is 4.90 Å². The Morgan fingerprint density at radius 3 is 2.25 bits per heavy atom. The minimum Gasteiger partial charge on any atom is -0.465 e. The lowest BCUT2D eigenvalue weighted by molar-refractivity contribution is 0.0863. The first-order chi connectivity index (χ1) is 22.7. The van der Waals surface area contributed by atoms with Crippen molar-refractivity contribution in [3.8, 4) is 11.8 Å². The Labute approximate surface area is 286 Å². The first kappa shape index (κ1) is 37.0. The van der Waals surface area contributed by atoms with E-state index in [4.69, 9.17) is 0 Å². The van der Waals surface area contributed by atoms with Gasteiger partial charge in [-0.05, 0) is 95.2 Å². The average molecular weight is 661 g/mol. The van der Waals surface area contributed by atoms with Gasteiger partial charge in [0.05, 0.1) is 6.54 Å². The molecule has 0 unspecified atom stereocenters. The van der Waals surface area contributed by atoms with E-state index in [1.807, 2.05) is 32.9 Å². The molecule has 0 spiro atoms. The van der Waals surface area contributed by atoms with Crippen molar-refractivity contribution in [2.75, 3.05) is 57.8 Å². The summed E-state index contributed by atoms with van der Waals surface area (Å²) in [7, 11) is 2.14. The fourth-order valence-corrected chi connectivity index (χ4v) is 7.10. The number of piperazine rings is 1. The van der Waals surface area contributed by atoms with Crippen LogP contribution in [0.5, 0.6) is 0 Å². The highest BCUT2D eigenvalue weighted by Gasteiger charge is 2.33. The molecule has 10 nitrogen and oxygen atoms in total. The Morgan fingerprint density at radius 1 is 1.02 bits per heavy atom. The highest BCUT2D eigenvalue weighted by molar-refractivity contribution is 5.97. The van der Waals surface area contributed by atoms with Crippen molar-refractivity contribution in [1.82, 2.24) is 25.0 Å². The molecular weight excluding hydrogens is 604 g/mol. The second-order valence-corrected chi connectivity index (χ2v) is 14.9. The van der Waals surface area contributed by atoms with Gasteiger partial charge in [-0.25, -0.2) is 4.79 Å². The molecule has 1 aromatic carbocycles. The zero-order chi connectivity index (χ0) is 35.2. The van der Waals surface area contributed by atoms with E-state index in [1.165, 1.54) is 0 Å². The number of carboxylic acid groups (broad SMARTS) is 1. The molecular formula is C38H56N6O4. The van der Waals surface area contributed by atoms with Crippen LogP contribution >= 0.6 is 0 Å². The third-order valence-corrected chi connectivity index (χ3v) is 9.76. The van der Waals surface area contributed by atoms with E-state index in [2.05, 4.69) is 77.7 Å². The van der Waals surface area contributed by atoms with Gasteiger partial charge in [0.25, 0.3) is 11.5 Å². The summed E-state index contributed by atoms with van der Waals surface area (Å²) in [6.45, 7) is 20.1. The second kappa shape index (κ2) is 16.1. The number of benzene rings is 1.